The fourth-order valence-corrected chi connectivity index (χ4v) is 6.61. The second-order valence-corrected chi connectivity index (χ2v) is 15.4. The van der Waals surface area contributed by atoms with Gasteiger partial charge in [-0.2, -0.15) is 0 Å². The standard InChI is InChI=1S/C27H26N2OSi/c1-15-11-12-16-21-22-17(13-14-20(31(4,5)6)25(22)30-24(15)21)27(2,3)26-23(16)28-18-9-7-8-10-19(18)29-26/h7-14H,1-6H3. The third-order valence-corrected chi connectivity index (χ3v) is 8.88. The molecular formula is C27H26N2OSi. The average molecular weight is 423 g/mol. The van der Waals surface area contributed by atoms with Crippen LogP contribution in [0.25, 0.3) is 44.2 Å². The van der Waals surface area contributed by atoms with Gasteiger partial charge in [-0.25, -0.2) is 9.97 Å². The highest BCUT2D eigenvalue weighted by Crippen LogP contribution is 2.49. The summed E-state index contributed by atoms with van der Waals surface area (Å²) in [4.78, 5) is 10.3. The molecule has 0 radical (unpaired) electrons. The van der Waals surface area contributed by atoms with E-state index in [1.807, 2.05) is 18.2 Å². The van der Waals surface area contributed by atoms with Crippen molar-refractivity contribution in [2.24, 2.45) is 0 Å². The Balaban J connectivity index is 1.89. The van der Waals surface area contributed by atoms with Crippen molar-refractivity contribution in [2.75, 3.05) is 0 Å². The maximum Gasteiger partial charge on any atom is 0.139 e. The Hall–Kier alpha value is -2.98. The van der Waals surface area contributed by atoms with Crippen LogP contribution in [-0.2, 0) is 5.41 Å². The largest absolute Gasteiger partial charge is 0.456 e. The van der Waals surface area contributed by atoms with Crippen LogP contribution in [0.2, 0.25) is 19.6 Å². The third-order valence-electron chi connectivity index (χ3n) is 6.87. The van der Waals surface area contributed by atoms with Crippen LogP contribution in [0, 0.1) is 6.92 Å². The predicted octanol–water partition coefficient (Wildman–Crippen LogP) is 6.69. The van der Waals surface area contributed by atoms with Gasteiger partial charge in [0.1, 0.15) is 11.2 Å². The van der Waals surface area contributed by atoms with Gasteiger partial charge in [0.2, 0.25) is 0 Å². The first-order valence-electron chi connectivity index (χ1n) is 11.0. The van der Waals surface area contributed by atoms with Crippen LogP contribution < -0.4 is 5.19 Å². The Labute approximate surface area is 183 Å². The summed E-state index contributed by atoms with van der Waals surface area (Å²) in [6.45, 7) is 13.8. The van der Waals surface area contributed by atoms with E-state index in [0.29, 0.717) is 0 Å². The number of fused-ring (bicyclic) bond motifs is 3. The second-order valence-electron chi connectivity index (χ2n) is 10.4. The zero-order valence-electron chi connectivity index (χ0n) is 18.9. The Morgan fingerprint density at radius 3 is 2.23 bits per heavy atom. The topological polar surface area (TPSA) is 38.9 Å². The summed E-state index contributed by atoms with van der Waals surface area (Å²) in [6, 6.07) is 17.2. The lowest BCUT2D eigenvalue weighted by Gasteiger charge is -2.27. The van der Waals surface area contributed by atoms with E-state index in [2.05, 4.69) is 70.7 Å². The molecule has 3 aromatic carbocycles. The van der Waals surface area contributed by atoms with Crippen LogP contribution >= 0.6 is 0 Å². The lowest BCUT2D eigenvalue weighted by Crippen LogP contribution is -2.38. The van der Waals surface area contributed by atoms with E-state index in [1.165, 1.54) is 21.5 Å². The quantitative estimate of drug-likeness (QED) is 0.283. The van der Waals surface area contributed by atoms with Crippen molar-refractivity contribution in [1.82, 2.24) is 9.97 Å². The summed E-state index contributed by atoms with van der Waals surface area (Å²) in [5, 5.41) is 3.82. The van der Waals surface area contributed by atoms with E-state index >= 15 is 0 Å². The number of furan rings is 1. The first kappa shape index (κ1) is 18.8. The van der Waals surface area contributed by atoms with Gasteiger partial charge >= 0.3 is 0 Å². The molecule has 0 unspecified atom stereocenters. The van der Waals surface area contributed by atoms with Gasteiger partial charge in [-0.1, -0.05) is 69.9 Å². The minimum absolute atomic E-state index is 0.299. The van der Waals surface area contributed by atoms with E-state index in [0.717, 1.165) is 44.7 Å². The van der Waals surface area contributed by atoms with Crippen molar-refractivity contribution >= 4 is 46.2 Å². The van der Waals surface area contributed by atoms with Crippen LogP contribution in [-0.4, -0.2) is 18.0 Å². The van der Waals surface area contributed by atoms with E-state index < -0.39 is 8.07 Å². The number of hydrogen-bond acceptors (Lipinski definition) is 3. The number of hydrogen-bond donors (Lipinski definition) is 0. The van der Waals surface area contributed by atoms with Crippen LogP contribution in [0.4, 0.5) is 0 Å². The fourth-order valence-electron chi connectivity index (χ4n) is 5.17. The minimum atomic E-state index is -1.60. The summed E-state index contributed by atoms with van der Waals surface area (Å²) >= 11 is 0. The monoisotopic (exact) mass is 422 g/mol. The van der Waals surface area contributed by atoms with Crippen LogP contribution in [0.15, 0.2) is 52.9 Å². The van der Waals surface area contributed by atoms with Crippen LogP contribution in [0.1, 0.15) is 30.7 Å². The summed E-state index contributed by atoms with van der Waals surface area (Å²) in [6.07, 6.45) is 0. The lowest BCUT2D eigenvalue weighted by atomic mass is 9.79. The van der Waals surface area contributed by atoms with Gasteiger partial charge in [-0.15, -0.1) is 0 Å². The molecule has 0 fully saturated rings. The maximum absolute atomic E-state index is 6.68. The molecule has 0 saturated carbocycles. The van der Waals surface area contributed by atoms with Crippen molar-refractivity contribution in [1.29, 1.82) is 0 Å². The zero-order valence-corrected chi connectivity index (χ0v) is 19.9. The molecule has 6 rings (SSSR count). The average Bonchev–Trinajstić information content (AvgIpc) is 3.09. The summed E-state index contributed by atoms with van der Waals surface area (Å²) < 4.78 is 6.68. The molecule has 154 valence electrons. The molecule has 1 aliphatic rings. The van der Waals surface area contributed by atoms with Gasteiger partial charge in [0.25, 0.3) is 0 Å². The maximum atomic E-state index is 6.68. The molecule has 2 aromatic heterocycles. The molecule has 0 aliphatic heterocycles. The number of para-hydroxylation sites is 2. The van der Waals surface area contributed by atoms with Crippen LogP contribution in [0.5, 0.6) is 0 Å². The Bertz CT molecular complexity index is 1550. The normalized spacial score (nSPS) is 15.0. The van der Waals surface area contributed by atoms with Crippen molar-refractivity contribution in [2.45, 2.75) is 45.8 Å². The van der Waals surface area contributed by atoms with Gasteiger partial charge in [-0.05, 0) is 35.4 Å². The van der Waals surface area contributed by atoms with E-state index in [1.54, 1.807) is 0 Å². The van der Waals surface area contributed by atoms with Crippen molar-refractivity contribution in [3.63, 3.8) is 0 Å². The fraction of sp³-hybridized carbons (Fsp3) is 0.259. The highest BCUT2D eigenvalue weighted by atomic mass is 28.3. The number of rotatable bonds is 1. The molecule has 0 amide bonds. The number of aromatic nitrogens is 2. The molecule has 0 bridgehead atoms. The van der Waals surface area contributed by atoms with E-state index in [9.17, 15) is 0 Å². The van der Waals surface area contributed by atoms with Gasteiger partial charge in [0, 0.05) is 21.8 Å². The highest BCUT2D eigenvalue weighted by Gasteiger charge is 2.38. The van der Waals surface area contributed by atoms with Crippen molar-refractivity contribution in [3.8, 4) is 11.3 Å². The lowest BCUT2D eigenvalue weighted by molar-refractivity contribution is 0.623. The Morgan fingerprint density at radius 2 is 1.52 bits per heavy atom. The molecule has 2 heterocycles. The number of nitrogens with zero attached hydrogens (tertiary/aromatic N) is 2. The van der Waals surface area contributed by atoms with Gasteiger partial charge in [-0.3, -0.25) is 0 Å². The van der Waals surface area contributed by atoms with Gasteiger partial charge in [0.05, 0.1) is 30.5 Å². The SMILES string of the molecule is Cc1ccc2c3c1oc1c([Si](C)(C)C)ccc(c13)C(C)(C)c1nc3ccccc3nc1-2. The number of benzene rings is 3. The Kier molecular flexibility index (Phi) is 3.53. The van der Waals surface area contributed by atoms with Gasteiger partial charge in [0.15, 0.2) is 0 Å². The molecule has 4 heteroatoms. The molecular weight excluding hydrogens is 396 g/mol. The van der Waals surface area contributed by atoms with Crippen molar-refractivity contribution < 1.29 is 4.42 Å². The smallest absolute Gasteiger partial charge is 0.139 e. The molecule has 5 aromatic rings. The van der Waals surface area contributed by atoms with Crippen LogP contribution in [0.3, 0.4) is 0 Å². The van der Waals surface area contributed by atoms with E-state index in [4.69, 9.17) is 14.4 Å². The third kappa shape index (κ3) is 2.40. The Morgan fingerprint density at radius 1 is 0.806 bits per heavy atom. The molecule has 0 spiro atoms. The molecule has 0 N–H and O–H groups in total. The molecule has 31 heavy (non-hydrogen) atoms. The molecule has 1 aliphatic carbocycles. The first-order valence-corrected chi connectivity index (χ1v) is 14.5. The number of aryl methyl sites for hydroxylation is 1. The highest BCUT2D eigenvalue weighted by molar-refractivity contribution is 6.90. The predicted molar refractivity (Wildman–Crippen MR) is 132 cm³/mol. The first-order chi connectivity index (χ1) is 14.7. The minimum Gasteiger partial charge on any atom is -0.456 e. The van der Waals surface area contributed by atoms with Crippen molar-refractivity contribution in [3.05, 3.63) is 65.4 Å². The molecule has 3 nitrogen and oxygen atoms in total. The second kappa shape index (κ2) is 5.83. The van der Waals surface area contributed by atoms with Gasteiger partial charge < -0.3 is 4.42 Å². The summed E-state index contributed by atoms with van der Waals surface area (Å²) in [7, 11) is -1.60. The molecule has 0 atom stereocenters. The summed E-state index contributed by atoms with van der Waals surface area (Å²) in [5.41, 5.74) is 9.20. The zero-order chi connectivity index (χ0) is 21.7. The summed E-state index contributed by atoms with van der Waals surface area (Å²) in [5.74, 6) is 0. The molecule has 0 saturated heterocycles. The van der Waals surface area contributed by atoms with E-state index in [-0.39, 0.29) is 5.41 Å².